The van der Waals surface area contributed by atoms with E-state index in [0.717, 1.165) is 6.42 Å². The quantitative estimate of drug-likeness (QED) is 0.452. The molecule has 1 saturated heterocycles. The molecule has 1 unspecified atom stereocenters. The topological polar surface area (TPSA) is 46.2 Å². The molecule has 0 spiro atoms. The van der Waals surface area contributed by atoms with Crippen LogP contribution in [0.25, 0.3) is 0 Å². The molecule has 10 heavy (non-hydrogen) atoms. The third-order valence-corrected chi connectivity index (χ3v) is 3.56. The van der Waals surface area contributed by atoms with Crippen LogP contribution in [0.3, 0.4) is 0 Å². The molecule has 0 aromatic carbocycles. The Labute approximate surface area is 66.5 Å². The molecule has 0 radical (unpaired) electrons. The van der Waals surface area contributed by atoms with Crippen LogP contribution in [0.2, 0.25) is 0 Å². The average molecular weight is 181 g/mol. The van der Waals surface area contributed by atoms with Gasteiger partial charge in [0.2, 0.25) is 0 Å². The zero-order valence-electron chi connectivity index (χ0n) is 5.58. The molecule has 1 aliphatic heterocycles. The molecule has 60 valence electrons. The average Bonchev–Trinajstić information content (AvgIpc) is 2.12. The molecule has 1 heterocycles. The van der Waals surface area contributed by atoms with Crippen LogP contribution in [0, 0.1) is 0 Å². The lowest BCUT2D eigenvalue weighted by Gasteiger charge is -2.05. The summed E-state index contributed by atoms with van der Waals surface area (Å²) in [5, 5.41) is 2.99. The van der Waals surface area contributed by atoms with Gasteiger partial charge in [0.15, 0.2) is 9.84 Å². The first-order valence-electron chi connectivity index (χ1n) is 3.19. The van der Waals surface area contributed by atoms with Gasteiger partial charge in [-0.15, -0.1) is 0 Å². The van der Waals surface area contributed by atoms with Crippen molar-refractivity contribution in [2.45, 2.75) is 12.5 Å². The van der Waals surface area contributed by atoms with Gasteiger partial charge in [-0.1, -0.05) is 0 Å². The zero-order valence-corrected chi connectivity index (χ0v) is 7.29. The second kappa shape index (κ2) is 3.11. The summed E-state index contributed by atoms with van der Waals surface area (Å²) in [5.41, 5.74) is 0. The molecule has 5 heteroatoms. The fourth-order valence-electron chi connectivity index (χ4n) is 1.09. The maximum absolute atomic E-state index is 10.9. The van der Waals surface area contributed by atoms with E-state index in [-0.39, 0.29) is 11.8 Å². The van der Waals surface area contributed by atoms with E-state index in [1.54, 1.807) is 0 Å². The summed E-state index contributed by atoms with van der Waals surface area (Å²) in [4.78, 5) is 0. The highest BCUT2D eigenvalue weighted by Crippen LogP contribution is 2.10. The molecule has 0 aromatic heterocycles. The predicted octanol–water partition coefficient (Wildman–Crippen LogP) is -0.350. The van der Waals surface area contributed by atoms with Crippen molar-refractivity contribution >= 4 is 22.5 Å². The van der Waals surface area contributed by atoms with Gasteiger partial charge in [-0.2, -0.15) is 12.6 Å². The van der Waals surface area contributed by atoms with Gasteiger partial charge in [0.25, 0.3) is 0 Å². The SMILES string of the molecule is O=S1(=O)CCC(NCS)C1. The van der Waals surface area contributed by atoms with Crippen LogP contribution < -0.4 is 5.32 Å². The molecule has 1 N–H and O–H groups in total. The predicted molar refractivity (Wildman–Crippen MR) is 44.0 cm³/mol. The van der Waals surface area contributed by atoms with Gasteiger partial charge >= 0.3 is 0 Å². The molecule has 0 saturated carbocycles. The van der Waals surface area contributed by atoms with E-state index in [1.807, 2.05) is 0 Å². The van der Waals surface area contributed by atoms with E-state index in [9.17, 15) is 8.42 Å². The Balaban J connectivity index is 2.44. The molecule has 0 aromatic rings. The molecule has 1 atom stereocenters. The minimum absolute atomic E-state index is 0.141. The highest BCUT2D eigenvalue weighted by atomic mass is 32.2. The normalized spacial score (nSPS) is 30.7. The Hall–Kier alpha value is 0.260. The van der Waals surface area contributed by atoms with Crippen molar-refractivity contribution in [2.24, 2.45) is 0 Å². The first kappa shape index (κ1) is 8.36. The number of hydrogen-bond donors (Lipinski definition) is 2. The lowest BCUT2D eigenvalue weighted by atomic mass is 10.3. The molecule has 1 aliphatic rings. The molecular formula is C5H11NO2S2. The van der Waals surface area contributed by atoms with Crippen LogP contribution in [0.5, 0.6) is 0 Å². The third kappa shape index (κ3) is 2.14. The molecule has 0 aliphatic carbocycles. The maximum atomic E-state index is 10.9. The smallest absolute Gasteiger partial charge is 0.151 e. The summed E-state index contributed by atoms with van der Waals surface area (Å²) in [7, 11) is -2.71. The lowest BCUT2D eigenvalue weighted by Crippen LogP contribution is -2.28. The van der Waals surface area contributed by atoms with Crippen molar-refractivity contribution < 1.29 is 8.42 Å². The van der Waals surface area contributed by atoms with Crippen LogP contribution in [-0.2, 0) is 9.84 Å². The fourth-order valence-corrected chi connectivity index (χ4v) is 3.05. The van der Waals surface area contributed by atoms with E-state index in [4.69, 9.17) is 0 Å². The van der Waals surface area contributed by atoms with Crippen molar-refractivity contribution in [3.63, 3.8) is 0 Å². The van der Waals surface area contributed by atoms with Crippen molar-refractivity contribution in [1.29, 1.82) is 0 Å². The molecule has 3 nitrogen and oxygen atoms in total. The van der Waals surface area contributed by atoms with Gasteiger partial charge in [0.1, 0.15) is 0 Å². The summed E-state index contributed by atoms with van der Waals surface area (Å²) < 4.78 is 21.7. The van der Waals surface area contributed by atoms with Crippen LogP contribution >= 0.6 is 12.6 Å². The van der Waals surface area contributed by atoms with E-state index in [2.05, 4.69) is 17.9 Å². The van der Waals surface area contributed by atoms with E-state index >= 15 is 0 Å². The van der Waals surface area contributed by atoms with Gasteiger partial charge in [-0.05, 0) is 6.42 Å². The highest BCUT2D eigenvalue weighted by molar-refractivity contribution is 7.91. The Morgan fingerprint density at radius 1 is 1.60 bits per heavy atom. The van der Waals surface area contributed by atoms with Gasteiger partial charge in [0, 0.05) is 11.9 Å². The van der Waals surface area contributed by atoms with Crippen LogP contribution in [-0.4, -0.2) is 31.8 Å². The number of rotatable bonds is 2. The Morgan fingerprint density at radius 2 is 2.30 bits per heavy atom. The van der Waals surface area contributed by atoms with Crippen LogP contribution in [0.15, 0.2) is 0 Å². The maximum Gasteiger partial charge on any atom is 0.151 e. The van der Waals surface area contributed by atoms with Crippen LogP contribution in [0.4, 0.5) is 0 Å². The Kier molecular flexibility index (Phi) is 2.60. The molecule has 1 rings (SSSR count). The van der Waals surface area contributed by atoms with E-state index in [1.165, 1.54) is 0 Å². The monoisotopic (exact) mass is 181 g/mol. The minimum Gasteiger partial charge on any atom is -0.304 e. The summed E-state index contributed by atoms with van der Waals surface area (Å²) in [5.74, 6) is 1.17. The Bertz CT molecular complexity index is 200. The second-order valence-corrected chi connectivity index (χ2v) is 5.01. The van der Waals surface area contributed by atoms with Crippen LogP contribution in [0.1, 0.15) is 6.42 Å². The standard InChI is InChI=1S/C5H11NO2S2/c7-10(8)2-1-5(3-10)6-4-9/h5-6,9H,1-4H2. The van der Waals surface area contributed by atoms with Crippen molar-refractivity contribution in [2.75, 3.05) is 17.4 Å². The molecular weight excluding hydrogens is 170 g/mol. The third-order valence-electron chi connectivity index (χ3n) is 1.61. The van der Waals surface area contributed by atoms with Gasteiger partial charge in [0.05, 0.1) is 11.5 Å². The van der Waals surface area contributed by atoms with Gasteiger partial charge in [-0.25, -0.2) is 8.42 Å². The summed E-state index contributed by atoms with van der Waals surface area (Å²) in [6, 6.07) is 0.141. The second-order valence-electron chi connectivity index (χ2n) is 2.46. The minimum atomic E-state index is -2.71. The van der Waals surface area contributed by atoms with Crippen molar-refractivity contribution in [3.8, 4) is 0 Å². The number of hydrogen-bond acceptors (Lipinski definition) is 4. The van der Waals surface area contributed by atoms with Crippen molar-refractivity contribution in [3.05, 3.63) is 0 Å². The van der Waals surface area contributed by atoms with E-state index < -0.39 is 9.84 Å². The molecule has 0 bridgehead atoms. The zero-order chi connectivity index (χ0) is 7.61. The summed E-state index contributed by atoms with van der Waals surface area (Å²) >= 11 is 3.95. The number of thiol groups is 1. The lowest BCUT2D eigenvalue weighted by molar-refractivity contribution is 0.593. The number of sulfone groups is 1. The summed E-state index contributed by atoms with van der Waals surface area (Å²) in [6.07, 6.45) is 0.739. The van der Waals surface area contributed by atoms with E-state index in [0.29, 0.717) is 11.6 Å². The first-order chi connectivity index (χ1) is 4.64. The largest absolute Gasteiger partial charge is 0.304 e. The Morgan fingerprint density at radius 3 is 2.70 bits per heavy atom. The van der Waals surface area contributed by atoms with Crippen molar-refractivity contribution in [1.82, 2.24) is 5.32 Å². The van der Waals surface area contributed by atoms with Gasteiger partial charge in [-0.3, -0.25) is 0 Å². The fraction of sp³-hybridized carbons (Fsp3) is 1.00. The highest BCUT2D eigenvalue weighted by Gasteiger charge is 2.26. The molecule has 1 fully saturated rings. The number of nitrogens with one attached hydrogen (secondary N) is 1. The summed E-state index contributed by atoms with van der Waals surface area (Å²) in [6.45, 7) is 0. The first-order valence-corrected chi connectivity index (χ1v) is 5.64. The molecule has 0 amide bonds. The van der Waals surface area contributed by atoms with Gasteiger partial charge < -0.3 is 5.32 Å².